The Bertz CT molecular complexity index is 693. The van der Waals surface area contributed by atoms with Crippen molar-refractivity contribution in [3.63, 3.8) is 0 Å². The predicted octanol–water partition coefficient (Wildman–Crippen LogP) is 3.14. The maximum absolute atomic E-state index is 8.69. The minimum absolute atomic E-state index is 0.470. The fraction of sp³-hybridized carbons (Fsp3) is 0. The van der Waals surface area contributed by atoms with Gasteiger partial charge in [-0.15, -0.1) is 0 Å². The summed E-state index contributed by atoms with van der Waals surface area (Å²) in [6.45, 7) is 0. The number of halogens is 1. The predicted molar refractivity (Wildman–Crippen MR) is 67.3 cm³/mol. The van der Waals surface area contributed by atoms with Crippen molar-refractivity contribution < 1.29 is 14.1 Å². The molecule has 0 aliphatic carbocycles. The molecule has 0 amide bonds. The molecule has 5 heteroatoms. The Morgan fingerprint density at radius 2 is 2.06 bits per heavy atom. The van der Waals surface area contributed by atoms with Crippen LogP contribution in [0.4, 0.5) is 0 Å². The Morgan fingerprint density at radius 3 is 2.88 bits per heavy atom. The fourth-order valence-corrected chi connectivity index (χ4v) is 2.07. The average Bonchev–Trinajstić information content (AvgIpc) is 2.69. The van der Waals surface area contributed by atoms with Gasteiger partial charge in [0.2, 0.25) is 0 Å². The molecule has 0 unspecified atom stereocenters. The van der Waals surface area contributed by atoms with Crippen molar-refractivity contribution in [2.45, 2.75) is 0 Å². The van der Waals surface area contributed by atoms with Gasteiger partial charge in [0, 0.05) is 15.8 Å². The molecule has 0 saturated heterocycles. The number of benzene rings is 2. The smallest absolute Gasteiger partial charge is 0.535 e. The van der Waals surface area contributed by atoms with Crippen molar-refractivity contribution in [2.24, 2.45) is 0 Å². The van der Waals surface area contributed by atoms with Crippen LogP contribution in [0.3, 0.4) is 0 Å². The normalized spacial score (nSPS) is 10.9. The summed E-state index contributed by atoms with van der Waals surface area (Å²) in [6, 6.07) is 10.9. The van der Waals surface area contributed by atoms with Gasteiger partial charge in [0.15, 0.2) is 5.58 Å². The van der Waals surface area contributed by atoms with E-state index in [2.05, 4.69) is 0 Å². The number of para-hydroxylation sites is 1. The molecule has 0 atom stereocenters. The lowest BCUT2D eigenvalue weighted by Gasteiger charge is -2.00. The Kier molecular flexibility index (Phi) is 2.46. The number of hydrogen-bond donors (Lipinski definition) is 1. The second-order valence-corrected chi connectivity index (χ2v) is 4.04. The van der Waals surface area contributed by atoms with Crippen LogP contribution in [0.2, 0.25) is 5.02 Å². The molecule has 83 valence electrons. The van der Waals surface area contributed by atoms with Crippen LogP contribution >= 0.6 is 11.6 Å². The van der Waals surface area contributed by atoms with Crippen molar-refractivity contribution in [3.8, 4) is 5.75 Å². The lowest BCUT2D eigenvalue weighted by molar-refractivity contribution is 0.451. The van der Waals surface area contributed by atoms with E-state index in [-0.39, 0.29) is 0 Å². The Morgan fingerprint density at radius 1 is 1.18 bits per heavy atom. The van der Waals surface area contributed by atoms with Gasteiger partial charge in [0.25, 0.3) is 0 Å². The van der Waals surface area contributed by atoms with E-state index in [4.69, 9.17) is 25.7 Å². The standard InChI is InChI=1S/C12H7BClO3/c14-7-4-5-10-9(6-7)8-2-1-3-11(17-13-15)12(8)16-10/h1-6,15H. The van der Waals surface area contributed by atoms with Crippen LogP contribution in [0.15, 0.2) is 40.8 Å². The van der Waals surface area contributed by atoms with Crippen molar-refractivity contribution in [1.29, 1.82) is 0 Å². The summed E-state index contributed by atoms with van der Waals surface area (Å²) in [7, 11) is 0.634. The molecule has 0 aliphatic heterocycles. The summed E-state index contributed by atoms with van der Waals surface area (Å²) in [5, 5.41) is 11.2. The highest BCUT2D eigenvalue weighted by atomic mass is 35.5. The quantitative estimate of drug-likeness (QED) is 0.705. The molecule has 0 saturated carbocycles. The first-order valence-electron chi connectivity index (χ1n) is 5.03. The van der Waals surface area contributed by atoms with E-state index in [0.29, 0.717) is 24.0 Å². The summed E-state index contributed by atoms with van der Waals surface area (Å²) in [5.74, 6) is 0.470. The first-order chi connectivity index (χ1) is 8.29. The molecular weight excluding hydrogens is 238 g/mol. The maximum atomic E-state index is 8.69. The van der Waals surface area contributed by atoms with Gasteiger partial charge in [-0.1, -0.05) is 23.7 Å². The minimum atomic E-state index is 0.470. The second kappa shape index (κ2) is 3.98. The summed E-state index contributed by atoms with van der Waals surface area (Å²) in [4.78, 5) is 0. The van der Waals surface area contributed by atoms with Gasteiger partial charge < -0.3 is 14.1 Å². The summed E-state index contributed by atoms with van der Waals surface area (Å²) >= 11 is 5.96. The largest absolute Gasteiger partial charge is 0.569 e. The molecule has 0 aliphatic rings. The molecule has 0 fully saturated rings. The van der Waals surface area contributed by atoms with Gasteiger partial charge in [0.1, 0.15) is 11.3 Å². The second-order valence-electron chi connectivity index (χ2n) is 3.60. The number of rotatable bonds is 2. The third-order valence-corrected chi connectivity index (χ3v) is 2.84. The molecule has 1 N–H and O–H groups in total. The van der Waals surface area contributed by atoms with Crippen LogP contribution < -0.4 is 4.65 Å². The third-order valence-electron chi connectivity index (χ3n) is 2.60. The van der Waals surface area contributed by atoms with E-state index in [1.54, 1.807) is 12.1 Å². The Balaban J connectivity index is 2.38. The third kappa shape index (κ3) is 1.66. The first kappa shape index (κ1) is 10.5. The van der Waals surface area contributed by atoms with Gasteiger partial charge in [-0.3, -0.25) is 0 Å². The van der Waals surface area contributed by atoms with E-state index >= 15 is 0 Å². The Hall–Kier alpha value is -1.65. The molecule has 0 spiro atoms. The van der Waals surface area contributed by atoms with Crippen LogP contribution in [-0.4, -0.2) is 12.7 Å². The number of hydrogen-bond acceptors (Lipinski definition) is 3. The molecule has 1 radical (unpaired) electrons. The molecule has 17 heavy (non-hydrogen) atoms. The summed E-state index contributed by atoms with van der Waals surface area (Å²) in [6.07, 6.45) is 0. The highest BCUT2D eigenvalue weighted by molar-refractivity contribution is 6.31. The fourth-order valence-electron chi connectivity index (χ4n) is 1.89. The van der Waals surface area contributed by atoms with Crippen LogP contribution in [0.25, 0.3) is 21.9 Å². The van der Waals surface area contributed by atoms with E-state index in [0.717, 1.165) is 16.4 Å². The zero-order valence-electron chi connectivity index (χ0n) is 8.68. The van der Waals surface area contributed by atoms with Gasteiger partial charge in [-0.05, 0) is 24.3 Å². The van der Waals surface area contributed by atoms with Crippen LogP contribution in [-0.2, 0) is 0 Å². The SMILES string of the molecule is O[B]Oc1cccc2c1oc1ccc(Cl)cc12. The van der Waals surface area contributed by atoms with E-state index in [1.165, 1.54) is 0 Å². The van der Waals surface area contributed by atoms with Gasteiger partial charge in [0.05, 0.1) is 0 Å². The first-order valence-corrected chi connectivity index (χ1v) is 5.41. The Labute approximate surface area is 103 Å². The monoisotopic (exact) mass is 245 g/mol. The highest BCUT2D eigenvalue weighted by Crippen LogP contribution is 2.35. The lowest BCUT2D eigenvalue weighted by Crippen LogP contribution is -1.99. The molecule has 2 aromatic carbocycles. The maximum Gasteiger partial charge on any atom is 0.569 e. The zero-order valence-corrected chi connectivity index (χ0v) is 9.44. The molecule has 1 heterocycles. The minimum Gasteiger partial charge on any atom is -0.535 e. The molecule has 3 aromatic rings. The van der Waals surface area contributed by atoms with Crippen LogP contribution in [0.5, 0.6) is 5.75 Å². The van der Waals surface area contributed by atoms with Gasteiger partial charge >= 0.3 is 7.69 Å². The molecule has 0 bridgehead atoms. The van der Waals surface area contributed by atoms with Crippen molar-refractivity contribution in [2.75, 3.05) is 0 Å². The lowest BCUT2D eigenvalue weighted by atomic mass is 10.1. The van der Waals surface area contributed by atoms with Crippen LogP contribution in [0.1, 0.15) is 0 Å². The zero-order chi connectivity index (χ0) is 11.8. The number of furan rings is 1. The van der Waals surface area contributed by atoms with E-state index in [9.17, 15) is 0 Å². The molecule has 3 rings (SSSR count). The molecular formula is C12H7BClO3. The van der Waals surface area contributed by atoms with E-state index in [1.807, 2.05) is 24.3 Å². The summed E-state index contributed by atoms with van der Waals surface area (Å²) in [5.41, 5.74) is 1.33. The average molecular weight is 245 g/mol. The molecule has 3 nitrogen and oxygen atoms in total. The highest BCUT2D eigenvalue weighted by Gasteiger charge is 2.11. The van der Waals surface area contributed by atoms with Crippen molar-refractivity contribution >= 4 is 41.2 Å². The van der Waals surface area contributed by atoms with Crippen LogP contribution in [0, 0.1) is 0 Å². The van der Waals surface area contributed by atoms with Gasteiger partial charge in [-0.2, -0.15) is 0 Å². The van der Waals surface area contributed by atoms with E-state index < -0.39 is 0 Å². The topological polar surface area (TPSA) is 42.6 Å². The molecule has 1 aromatic heterocycles. The number of fused-ring (bicyclic) bond motifs is 3. The van der Waals surface area contributed by atoms with Crippen molar-refractivity contribution in [1.82, 2.24) is 0 Å². The summed E-state index contributed by atoms with van der Waals surface area (Å²) < 4.78 is 10.7. The van der Waals surface area contributed by atoms with Crippen molar-refractivity contribution in [3.05, 3.63) is 41.4 Å². The van der Waals surface area contributed by atoms with Gasteiger partial charge in [-0.25, -0.2) is 0 Å².